The van der Waals surface area contributed by atoms with E-state index in [4.69, 9.17) is 0 Å². The SMILES string of the molecule is CN(C)S(=O)(=O)NC1CN(c2ccc(F)cc2)C1=O. The molecular formula is C11H14FN3O3S. The highest BCUT2D eigenvalue weighted by atomic mass is 32.2. The van der Waals surface area contributed by atoms with Crippen LogP contribution in [0.2, 0.25) is 0 Å². The Balaban J connectivity index is 2.02. The van der Waals surface area contributed by atoms with E-state index < -0.39 is 16.3 Å². The van der Waals surface area contributed by atoms with Crippen LogP contribution in [0.25, 0.3) is 0 Å². The molecule has 1 fully saturated rings. The molecule has 1 amide bonds. The van der Waals surface area contributed by atoms with E-state index in [1.807, 2.05) is 0 Å². The Morgan fingerprint density at radius 1 is 1.32 bits per heavy atom. The Kier molecular flexibility index (Phi) is 3.57. The Morgan fingerprint density at radius 2 is 1.89 bits per heavy atom. The molecule has 0 aliphatic carbocycles. The van der Waals surface area contributed by atoms with Crippen LogP contribution in [0.3, 0.4) is 0 Å². The number of nitrogens with one attached hydrogen (secondary N) is 1. The Bertz CT molecular complexity index is 586. The minimum absolute atomic E-state index is 0.234. The molecule has 1 saturated heterocycles. The first kappa shape index (κ1) is 13.9. The molecule has 1 heterocycles. The minimum Gasteiger partial charge on any atom is -0.309 e. The lowest BCUT2D eigenvalue weighted by molar-refractivity contribution is -0.124. The first-order chi connectivity index (χ1) is 8.81. The van der Waals surface area contributed by atoms with Gasteiger partial charge in [-0.1, -0.05) is 0 Å². The summed E-state index contributed by atoms with van der Waals surface area (Å²) in [5.41, 5.74) is 0.548. The van der Waals surface area contributed by atoms with E-state index in [0.29, 0.717) is 5.69 Å². The maximum Gasteiger partial charge on any atom is 0.279 e. The molecule has 2 rings (SSSR count). The Morgan fingerprint density at radius 3 is 2.37 bits per heavy atom. The van der Waals surface area contributed by atoms with Gasteiger partial charge in [0.05, 0.1) is 6.54 Å². The predicted octanol–water partition coefficient (Wildman–Crippen LogP) is -0.0631. The van der Waals surface area contributed by atoms with Crippen LogP contribution >= 0.6 is 0 Å². The molecule has 6 nitrogen and oxygen atoms in total. The summed E-state index contributed by atoms with van der Waals surface area (Å²) in [4.78, 5) is 13.2. The second kappa shape index (κ2) is 4.87. The van der Waals surface area contributed by atoms with Crippen LogP contribution in [0.4, 0.5) is 10.1 Å². The molecule has 8 heteroatoms. The second-order valence-electron chi connectivity index (χ2n) is 4.38. The first-order valence-corrected chi connectivity index (χ1v) is 7.02. The third-order valence-electron chi connectivity index (χ3n) is 2.84. The number of anilines is 1. The number of hydrogen-bond donors (Lipinski definition) is 1. The van der Waals surface area contributed by atoms with Crippen molar-refractivity contribution < 1.29 is 17.6 Å². The summed E-state index contributed by atoms with van der Waals surface area (Å²) in [6, 6.07) is 4.69. The van der Waals surface area contributed by atoms with Crippen molar-refractivity contribution in [3.8, 4) is 0 Å². The van der Waals surface area contributed by atoms with Gasteiger partial charge in [-0.05, 0) is 24.3 Å². The molecule has 19 heavy (non-hydrogen) atoms. The fraction of sp³-hybridized carbons (Fsp3) is 0.364. The van der Waals surface area contributed by atoms with E-state index in [1.165, 1.54) is 43.3 Å². The smallest absolute Gasteiger partial charge is 0.279 e. The van der Waals surface area contributed by atoms with Crippen molar-refractivity contribution in [3.63, 3.8) is 0 Å². The number of amides is 1. The summed E-state index contributed by atoms with van der Waals surface area (Å²) in [7, 11) is -0.871. The van der Waals surface area contributed by atoms with Gasteiger partial charge < -0.3 is 4.90 Å². The molecule has 1 aliphatic rings. The van der Waals surface area contributed by atoms with Crippen LogP contribution in [-0.2, 0) is 15.0 Å². The average Bonchev–Trinajstić information content (AvgIpc) is 2.35. The zero-order chi connectivity index (χ0) is 14.2. The van der Waals surface area contributed by atoms with Gasteiger partial charge in [0, 0.05) is 19.8 Å². The average molecular weight is 287 g/mol. The number of β-lactam (4-membered cyclic amide) rings is 1. The van der Waals surface area contributed by atoms with Gasteiger partial charge in [0.2, 0.25) is 5.91 Å². The van der Waals surface area contributed by atoms with Gasteiger partial charge >= 0.3 is 0 Å². The van der Waals surface area contributed by atoms with E-state index in [9.17, 15) is 17.6 Å². The van der Waals surface area contributed by atoms with Crippen LogP contribution in [0.15, 0.2) is 24.3 Å². The van der Waals surface area contributed by atoms with E-state index in [0.717, 1.165) is 4.31 Å². The summed E-state index contributed by atoms with van der Waals surface area (Å²) in [6.07, 6.45) is 0. The molecule has 0 bridgehead atoms. The maximum atomic E-state index is 12.8. The van der Waals surface area contributed by atoms with Gasteiger partial charge in [0.25, 0.3) is 10.2 Å². The van der Waals surface area contributed by atoms with Crippen LogP contribution in [0.5, 0.6) is 0 Å². The molecule has 1 atom stereocenters. The predicted molar refractivity (Wildman–Crippen MR) is 68.3 cm³/mol. The molecule has 1 aromatic rings. The van der Waals surface area contributed by atoms with Gasteiger partial charge in [-0.3, -0.25) is 4.79 Å². The first-order valence-electron chi connectivity index (χ1n) is 5.58. The summed E-state index contributed by atoms with van der Waals surface area (Å²) in [5.74, 6) is -0.737. The standard InChI is InChI=1S/C11H14FN3O3S/c1-14(2)19(17,18)13-10-7-15(11(10)16)9-5-3-8(12)4-6-9/h3-6,10,13H,7H2,1-2H3. The highest BCUT2D eigenvalue weighted by Gasteiger charge is 2.40. The lowest BCUT2D eigenvalue weighted by atomic mass is 10.1. The summed E-state index contributed by atoms with van der Waals surface area (Å²) >= 11 is 0. The molecule has 1 aliphatic heterocycles. The van der Waals surface area contributed by atoms with Crippen molar-refractivity contribution in [2.24, 2.45) is 0 Å². The van der Waals surface area contributed by atoms with Crippen LogP contribution in [-0.4, -0.2) is 45.3 Å². The number of benzene rings is 1. The van der Waals surface area contributed by atoms with Gasteiger partial charge in [-0.25, -0.2) is 4.39 Å². The molecule has 1 unspecified atom stereocenters. The lowest BCUT2D eigenvalue weighted by Gasteiger charge is -2.38. The zero-order valence-electron chi connectivity index (χ0n) is 10.5. The van der Waals surface area contributed by atoms with Crippen molar-refractivity contribution >= 4 is 21.8 Å². The number of halogens is 1. The fourth-order valence-corrected chi connectivity index (χ4v) is 2.40. The number of carbonyl (C=O) groups excluding carboxylic acids is 1. The highest BCUT2D eigenvalue weighted by molar-refractivity contribution is 7.87. The number of carbonyl (C=O) groups is 1. The molecule has 0 radical (unpaired) electrons. The van der Waals surface area contributed by atoms with E-state index in [2.05, 4.69) is 4.72 Å². The van der Waals surface area contributed by atoms with Crippen molar-refractivity contribution in [2.45, 2.75) is 6.04 Å². The minimum atomic E-state index is -3.63. The lowest BCUT2D eigenvalue weighted by Crippen LogP contribution is -2.65. The van der Waals surface area contributed by atoms with E-state index in [1.54, 1.807) is 0 Å². The molecule has 0 spiro atoms. The Hall–Kier alpha value is -1.51. The normalized spacial score (nSPS) is 19.7. The highest BCUT2D eigenvalue weighted by Crippen LogP contribution is 2.22. The van der Waals surface area contributed by atoms with E-state index in [-0.39, 0.29) is 18.3 Å². The number of nitrogens with zero attached hydrogens (tertiary/aromatic N) is 2. The van der Waals surface area contributed by atoms with Crippen molar-refractivity contribution in [1.82, 2.24) is 9.03 Å². The van der Waals surface area contributed by atoms with Crippen LogP contribution < -0.4 is 9.62 Å². The van der Waals surface area contributed by atoms with Gasteiger partial charge in [0.15, 0.2) is 0 Å². The molecule has 104 valence electrons. The van der Waals surface area contributed by atoms with E-state index >= 15 is 0 Å². The third kappa shape index (κ3) is 2.75. The molecule has 1 aromatic carbocycles. The number of hydrogen-bond acceptors (Lipinski definition) is 3. The van der Waals surface area contributed by atoms with Crippen molar-refractivity contribution in [3.05, 3.63) is 30.1 Å². The molecule has 0 aromatic heterocycles. The molecular weight excluding hydrogens is 273 g/mol. The van der Waals surface area contributed by atoms with Crippen LogP contribution in [0, 0.1) is 5.82 Å². The Labute approximate surface area is 111 Å². The quantitative estimate of drug-likeness (QED) is 0.789. The summed E-state index contributed by atoms with van der Waals surface area (Å²) < 4.78 is 39.2. The largest absolute Gasteiger partial charge is 0.309 e. The van der Waals surface area contributed by atoms with Crippen LogP contribution in [0.1, 0.15) is 0 Å². The molecule has 0 saturated carbocycles. The number of rotatable bonds is 4. The second-order valence-corrected chi connectivity index (χ2v) is 6.30. The third-order valence-corrected chi connectivity index (χ3v) is 4.38. The maximum absolute atomic E-state index is 12.8. The van der Waals surface area contributed by atoms with Crippen molar-refractivity contribution in [2.75, 3.05) is 25.5 Å². The van der Waals surface area contributed by atoms with Gasteiger partial charge in [-0.15, -0.1) is 0 Å². The topological polar surface area (TPSA) is 69.7 Å². The summed E-state index contributed by atoms with van der Waals surface area (Å²) in [5, 5.41) is 0. The monoisotopic (exact) mass is 287 g/mol. The van der Waals surface area contributed by atoms with Crippen molar-refractivity contribution in [1.29, 1.82) is 0 Å². The van der Waals surface area contributed by atoms with Gasteiger partial charge in [0.1, 0.15) is 11.9 Å². The zero-order valence-corrected chi connectivity index (χ0v) is 11.3. The fourth-order valence-electron chi connectivity index (χ4n) is 1.65. The summed E-state index contributed by atoms with van der Waals surface area (Å²) in [6.45, 7) is 0.234. The van der Waals surface area contributed by atoms with Gasteiger partial charge in [-0.2, -0.15) is 17.4 Å². The molecule has 1 N–H and O–H groups in total.